The number of methoxy groups -OCH3 is 2. The van der Waals surface area contributed by atoms with Crippen molar-refractivity contribution in [2.75, 3.05) is 14.2 Å². The summed E-state index contributed by atoms with van der Waals surface area (Å²) in [5, 5.41) is 9.08. The third kappa shape index (κ3) is 5.10. The number of halogens is 2. The predicted octanol–water partition coefficient (Wildman–Crippen LogP) is 4.88. The largest absolute Gasteiger partial charge is 0.493 e. The molecule has 26 heavy (non-hydrogen) atoms. The molecular formula is C19H15Br2NO4. The Morgan fingerprint density at radius 1 is 1.19 bits per heavy atom. The zero-order valence-corrected chi connectivity index (χ0v) is 17.3. The highest BCUT2D eigenvalue weighted by Gasteiger charge is 2.14. The number of nitrogens with zero attached hydrogens (tertiary/aromatic N) is 1. The van der Waals surface area contributed by atoms with Crippen molar-refractivity contribution in [2.45, 2.75) is 6.61 Å². The van der Waals surface area contributed by atoms with Gasteiger partial charge in [-0.3, -0.25) is 0 Å². The van der Waals surface area contributed by atoms with E-state index in [-0.39, 0.29) is 5.57 Å². The lowest BCUT2D eigenvalue weighted by atomic mass is 10.1. The lowest BCUT2D eigenvalue weighted by Gasteiger charge is -2.14. The fraction of sp³-hybridized carbons (Fsp3) is 0.158. The fourth-order valence-electron chi connectivity index (χ4n) is 2.11. The minimum Gasteiger partial charge on any atom is -0.493 e. The first kappa shape index (κ1) is 20.0. The van der Waals surface area contributed by atoms with Crippen molar-refractivity contribution in [1.29, 1.82) is 5.26 Å². The molecule has 0 aliphatic rings. The molecule has 2 aromatic carbocycles. The average molecular weight is 481 g/mol. The van der Waals surface area contributed by atoms with Crippen LogP contribution in [0.4, 0.5) is 0 Å². The Bertz CT molecular complexity index is 870. The summed E-state index contributed by atoms with van der Waals surface area (Å²) in [5.74, 6) is 0.312. The second-order valence-electron chi connectivity index (χ2n) is 5.11. The summed E-state index contributed by atoms with van der Waals surface area (Å²) in [4.78, 5) is 11.6. The zero-order valence-electron chi connectivity index (χ0n) is 14.1. The number of ether oxygens (including phenoxy) is 3. The zero-order chi connectivity index (χ0) is 19.1. The molecule has 0 aromatic heterocycles. The van der Waals surface area contributed by atoms with Crippen molar-refractivity contribution >= 4 is 43.9 Å². The maximum atomic E-state index is 11.6. The molecule has 0 atom stereocenters. The Morgan fingerprint density at radius 3 is 2.46 bits per heavy atom. The van der Waals surface area contributed by atoms with E-state index in [1.165, 1.54) is 20.3 Å². The average Bonchev–Trinajstić information content (AvgIpc) is 2.65. The third-order valence-corrected chi connectivity index (χ3v) is 4.50. The van der Waals surface area contributed by atoms with E-state index in [2.05, 4.69) is 36.6 Å². The summed E-state index contributed by atoms with van der Waals surface area (Å²) < 4.78 is 17.5. The van der Waals surface area contributed by atoms with Gasteiger partial charge in [0.05, 0.1) is 18.7 Å². The Morgan fingerprint density at radius 2 is 1.88 bits per heavy atom. The molecule has 0 aliphatic heterocycles. The molecule has 0 amide bonds. The summed E-state index contributed by atoms with van der Waals surface area (Å²) >= 11 is 6.84. The normalized spacial score (nSPS) is 10.8. The van der Waals surface area contributed by atoms with Gasteiger partial charge in [-0.25, -0.2) is 4.79 Å². The number of carbonyl (C=O) groups is 1. The third-order valence-electron chi connectivity index (χ3n) is 3.38. The first-order valence-corrected chi connectivity index (χ1v) is 9.02. The van der Waals surface area contributed by atoms with Crippen molar-refractivity contribution < 1.29 is 19.0 Å². The van der Waals surface area contributed by atoms with Crippen LogP contribution < -0.4 is 9.47 Å². The van der Waals surface area contributed by atoms with E-state index in [1.807, 2.05) is 30.3 Å². The van der Waals surface area contributed by atoms with Gasteiger partial charge in [0, 0.05) is 4.47 Å². The molecule has 0 aliphatic carbocycles. The minimum atomic E-state index is -0.696. The van der Waals surface area contributed by atoms with Crippen LogP contribution >= 0.6 is 31.9 Å². The molecular weight excluding hydrogens is 466 g/mol. The Hall–Kier alpha value is -2.30. The molecule has 7 heteroatoms. The number of benzene rings is 2. The van der Waals surface area contributed by atoms with Crippen LogP contribution in [0.15, 0.2) is 50.9 Å². The molecule has 0 bridgehead atoms. The number of nitriles is 1. The first-order valence-electron chi connectivity index (χ1n) is 7.43. The summed E-state index contributed by atoms with van der Waals surface area (Å²) in [5.41, 5.74) is 1.50. The van der Waals surface area contributed by atoms with Gasteiger partial charge >= 0.3 is 5.97 Å². The summed E-state index contributed by atoms with van der Waals surface area (Å²) in [7, 11) is 2.75. The first-order chi connectivity index (χ1) is 12.5. The van der Waals surface area contributed by atoms with Gasteiger partial charge in [-0.15, -0.1) is 0 Å². The molecule has 0 radical (unpaired) electrons. The molecule has 0 spiro atoms. The van der Waals surface area contributed by atoms with Crippen LogP contribution in [0.1, 0.15) is 11.1 Å². The Labute approximate surface area is 168 Å². The van der Waals surface area contributed by atoms with E-state index >= 15 is 0 Å². The van der Waals surface area contributed by atoms with Gasteiger partial charge in [0.2, 0.25) is 0 Å². The van der Waals surface area contributed by atoms with Crippen LogP contribution in [-0.4, -0.2) is 20.2 Å². The highest BCUT2D eigenvalue weighted by Crippen LogP contribution is 2.37. The second-order valence-corrected chi connectivity index (χ2v) is 6.88. The van der Waals surface area contributed by atoms with Crippen molar-refractivity contribution in [2.24, 2.45) is 0 Å². The second kappa shape index (κ2) is 9.41. The van der Waals surface area contributed by atoms with Crippen LogP contribution in [0.25, 0.3) is 6.08 Å². The number of esters is 1. The SMILES string of the molecule is COC(=O)/C(C#N)=C/c1cc(Br)c(OCc2ccc(Br)cc2)c(OC)c1. The van der Waals surface area contributed by atoms with E-state index in [1.54, 1.807) is 12.1 Å². The highest BCUT2D eigenvalue weighted by molar-refractivity contribution is 9.10. The van der Waals surface area contributed by atoms with Gasteiger partial charge in [-0.05, 0) is 57.4 Å². The quantitative estimate of drug-likeness (QED) is 0.335. The molecule has 134 valence electrons. The molecule has 0 saturated heterocycles. The van der Waals surface area contributed by atoms with E-state index < -0.39 is 5.97 Å². The molecule has 0 N–H and O–H groups in total. The van der Waals surface area contributed by atoms with Crippen LogP contribution in [0, 0.1) is 11.3 Å². The van der Waals surface area contributed by atoms with Gasteiger partial charge in [-0.1, -0.05) is 28.1 Å². The maximum Gasteiger partial charge on any atom is 0.348 e. The topological polar surface area (TPSA) is 68.6 Å². The lowest BCUT2D eigenvalue weighted by Crippen LogP contribution is -2.03. The van der Waals surface area contributed by atoms with Gasteiger partial charge in [-0.2, -0.15) is 5.26 Å². The van der Waals surface area contributed by atoms with Gasteiger partial charge in [0.25, 0.3) is 0 Å². The molecule has 0 unspecified atom stereocenters. The number of hydrogen-bond donors (Lipinski definition) is 0. The van der Waals surface area contributed by atoms with Gasteiger partial charge in [0.15, 0.2) is 11.5 Å². The van der Waals surface area contributed by atoms with Crippen molar-refractivity contribution in [3.63, 3.8) is 0 Å². The van der Waals surface area contributed by atoms with Crippen molar-refractivity contribution in [1.82, 2.24) is 0 Å². The molecule has 5 nitrogen and oxygen atoms in total. The monoisotopic (exact) mass is 479 g/mol. The highest BCUT2D eigenvalue weighted by atomic mass is 79.9. The lowest BCUT2D eigenvalue weighted by molar-refractivity contribution is -0.135. The van der Waals surface area contributed by atoms with E-state index in [0.29, 0.717) is 28.1 Å². The fourth-order valence-corrected chi connectivity index (χ4v) is 2.95. The summed E-state index contributed by atoms with van der Waals surface area (Å²) in [6.07, 6.45) is 1.43. The molecule has 0 fully saturated rings. The van der Waals surface area contributed by atoms with Gasteiger partial charge in [0.1, 0.15) is 18.2 Å². The minimum absolute atomic E-state index is 0.106. The van der Waals surface area contributed by atoms with E-state index in [0.717, 1.165) is 10.0 Å². The van der Waals surface area contributed by atoms with Crippen LogP contribution in [0.3, 0.4) is 0 Å². The number of carbonyl (C=O) groups excluding carboxylic acids is 1. The number of hydrogen-bond acceptors (Lipinski definition) is 5. The van der Waals surface area contributed by atoms with Crippen LogP contribution in [0.2, 0.25) is 0 Å². The van der Waals surface area contributed by atoms with E-state index in [9.17, 15) is 4.79 Å². The standard InChI is InChI=1S/C19H15Br2NO4/c1-24-17-9-13(7-14(10-22)19(23)25-2)8-16(21)18(17)26-11-12-3-5-15(20)6-4-12/h3-9H,11H2,1-2H3/b14-7+. The molecule has 0 saturated carbocycles. The van der Waals surface area contributed by atoms with Crippen molar-refractivity contribution in [3.8, 4) is 17.6 Å². The molecule has 2 aromatic rings. The molecule has 0 heterocycles. The molecule has 2 rings (SSSR count). The summed E-state index contributed by atoms with van der Waals surface area (Å²) in [6, 6.07) is 13.0. The Kier molecular flexibility index (Phi) is 7.25. The van der Waals surface area contributed by atoms with Gasteiger partial charge < -0.3 is 14.2 Å². The van der Waals surface area contributed by atoms with Crippen LogP contribution in [0.5, 0.6) is 11.5 Å². The number of rotatable bonds is 6. The smallest absolute Gasteiger partial charge is 0.348 e. The predicted molar refractivity (Wildman–Crippen MR) is 105 cm³/mol. The van der Waals surface area contributed by atoms with Crippen LogP contribution in [-0.2, 0) is 16.1 Å². The summed E-state index contributed by atoms with van der Waals surface area (Å²) in [6.45, 7) is 0.364. The van der Waals surface area contributed by atoms with E-state index in [4.69, 9.17) is 14.7 Å². The maximum absolute atomic E-state index is 11.6. The van der Waals surface area contributed by atoms with Crippen molar-refractivity contribution in [3.05, 3.63) is 62.0 Å². The Balaban J connectivity index is 2.29.